The summed E-state index contributed by atoms with van der Waals surface area (Å²) in [5, 5.41) is 0. The fourth-order valence-corrected chi connectivity index (χ4v) is 4.47. The molecule has 0 amide bonds. The molecule has 0 aliphatic rings. The van der Waals surface area contributed by atoms with E-state index in [4.69, 9.17) is 0 Å². The topological polar surface area (TPSA) is 0 Å². The number of rotatable bonds is 8. The second kappa shape index (κ2) is 13.0. The van der Waals surface area contributed by atoms with Crippen molar-refractivity contribution in [3.8, 4) is 0 Å². The monoisotopic (exact) mass is 628 g/mol. The summed E-state index contributed by atoms with van der Waals surface area (Å²) in [6.07, 6.45) is 7.60. The first-order valence-corrected chi connectivity index (χ1v) is 16.0. The van der Waals surface area contributed by atoms with E-state index < -0.39 is 20.3 Å². The van der Waals surface area contributed by atoms with Gasteiger partial charge in [-0.3, -0.25) is 0 Å². The summed E-state index contributed by atoms with van der Waals surface area (Å²) < 4.78 is 52.6. The normalized spacial score (nSPS) is 12.2. The maximum absolute atomic E-state index is 9.91. The zero-order valence-electron chi connectivity index (χ0n) is 16.0. The van der Waals surface area contributed by atoms with E-state index >= 15 is 0 Å². The molecule has 2 aromatic rings. The predicted molar refractivity (Wildman–Crippen MR) is 98.8 cm³/mol. The Kier molecular flexibility index (Phi) is 12.8. The summed E-state index contributed by atoms with van der Waals surface area (Å²) >= 11 is -9.21. The van der Waals surface area contributed by atoms with Crippen LogP contribution >= 0.6 is 0 Å². The molecule has 0 aromatic heterocycles. The Labute approximate surface area is 178 Å². The SMILES string of the molecule is CCCCc1ccc([I+]c2ccc(CCCC)cc2)cc1.[F-].[F][Sb]([F])([F])([F])[F]. The Morgan fingerprint density at radius 2 is 0.929 bits per heavy atom. The average Bonchev–Trinajstić information content (AvgIpc) is 2.58. The fourth-order valence-electron chi connectivity index (χ4n) is 2.32. The van der Waals surface area contributed by atoms with Crippen LogP contribution in [0.5, 0.6) is 0 Å². The van der Waals surface area contributed by atoms with Gasteiger partial charge in [0.15, 0.2) is 7.14 Å². The zero-order valence-corrected chi connectivity index (χ0v) is 20.7. The average molecular weight is 629 g/mol. The van der Waals surface area contributed by atoms with E-state index in [1.54, 1.807) is 0 Å². The zero-order chi connectivity index (χ0) is 20.4. The van der Waals surface area contributed by atoms with Gasteiger partial charge in [0.25, 0.3) is 0 Å². The molecule has 0 aliphatic carbocycles. The third-order valence-electron chi connectivity index (χ3n) is 3.68. The van der Waals surface area contributed by atoms with E-state index in [0.29, 0.717) is 0 Å². The van der Waals surface area contributed by atoms with Crippen LogP contribution in [-0.2, 0) is 12.8 Å². The third kappa shape index (κ3) is 15.5. The van der Waals surface area contributed by atoms with Gasteiger partial charge in [0.05, 0.1) is 0 Å². The van der Waals surface area contributed by atoms with E-state index in [9.17, 15) is 14.1 Å². The Hall–Kier alpha value is -0.432. The summed E-state index contributed by atoms with van der Waals surface area (Å²) in [4.78, 5) is 0. The Morgan fingerprint density at radius 3 is 1.18 bits per heavy atom. The van der Waals surface area contributed by atoms with Crippen molar-refractivity contribution in [2.75, 3.05) is 0 Å². The Balaban J connectivity index is 0.000000910. The summed E-state index contributed by atoms with van der Waals surface area (Å²) in [7, 11) is 0. The van der Waals surface area contributed by atoms with E-state index in [1.807, 2.05) is 0 Å². The van der Waals surface area contributed by atoms with E-state index in [0.717, 1.165) is 0 Å². The van der Waals surface area contributed by atoms with Crippen molar-refractivity contribution in [2.45, 2.75) is 52.4 Å². The standard InChI is InChI=1S/C20H26I.6FH.Sb/c1-3-5-7-17-9-13-19(14-10-17)21-20-15-11-18(12-16-20)8-6-4-2;;;;;;;/h9-16H,3-8H2,1-2H3;6*1H;/q+1;;;;;;;+5/p-6. The second-order valence-electron chi connectivity index (χ2n) is 6.19. The molecule has 0 fully saturated rings. The molecule has 0 unspecified atom stereocenters. The van der Waals surface area contributed by atoms with Gasteiger partial charge in [0.2, 0.25) is 0 Å². The van der Waals surface area contributed by atoms with Gasteiger partial charge < -0.3 is 4.70 Å². The summed E-state index contributed by atoms with van der Waals surface area (Å²) in [5.74, 6) is 0. The van der Waals surface area contributed by atoms with Gasteiger partial charge >= 0.3 is 55.6 Å². The number of hydrogen-bond acceptors (Lipinski definition) is 0. The molecule has 0 saturated carbocycles. The van der Waals surface area contributed by atoms with E-state index in [2.05, 4.69) is 62.4 Å². The molecule has 0 radical (unpaired) electrons. The Bertz CT molecular complexity index is 599. The second-order valence-corrected chi connectivity index (χ2v) is 12.9. The summed E-state index contributed by atoms with van der Waals surface area (Å²) in [6, 6.07) is 18.6. The first kappa shape index (κ1) is 27.6. The molecule has 8 heteroatoms. The molecule has 0 bridgehead atoms. The molecular formula is C20H26F6ISb. The van der Waals surface area contributed by atoms with Gasteiger partial charge in [-0.05, 0) is 61.1 Å². The molecule has 0 N–H and O–H groups in total. The van der Waals surface area contributed by atoms with Crippen molar-refractivity contribution in [1.82, 2.24) is 0 Å². The quantitative estimate of drug-likeness (QED) is 0.235. The molecule has 0 aliphatic heterocycles. The van der Waals surface area contributed by atoms with E-state index in [1.165, 1.54) is 56.8 Å². The van der Waals surface area contributed by atoms with Gasteiger partial charge in [0, 0.05) is 0 Å². The summed E-state index contributed by atoms with van der Waals surface area (Å²) in [6.45, 7) is 4.51. The molecule has 0 spiro atoms. The van der Waals surface area contributed by atoms with Crippen LogP contribution < -0.4 is 25.9 Å². The third-order valence-corrected chi connectivity index (χ3v) is 6.37. The number of unbranched alkanes of at least 4 members (excludes halogenated alkanes) is 2. The molecule has 0 heterocycles. The van der Waals surface area contributed by atoms with E-state index in [-0.39, 0.29) is 25.9 Å². The first-order chi connectivity index (χ1) is 12.5. The van der Waals surface area contributed by atoms with Crippen LogP contribution in [0.3, 0.4) is 0 Å². The molecule has 0 saturated heterocycles. The minimum absolute atomic E-state index is 0. The van der Waals surface area contributed by atoms with Crippen LogP contribution in [0.25, 0.3) is 0 Å². The predicted octanol–water partition coefficient (Wildman–Crippen LogP) is 1.22. The van der Waals surface area contributed by atoms with Gasteiger partial charge in [-0.15, -0.1) is 0 Å². The van der Waals surface area contributed by atoms with Crippen molar-refractivity contribution in [3.05, 3.63) is 66.8 Å². The van der Waals surface area contributed by atoms with Gasteiger partial charge in [-0.2, -0.15) is 0 Å². The number of benzene rings is 2. The van der Waals surface area contributed by atoms with Crippen molar-refractivity contribution in [3.63, 3.8) is 0 Å². The van der Waals surface area contributed by atoms with Crippen molar-refractivity contribution in [2.24, 2.45) is 0 Å². The molecule has 0 atom stereocenters. The van der Waals surface area contributed by atoms with Crippen LogP contribution in [0.4, 0.5) is 14.1 Å². The van der Waals surface area contributed by atoms with Gasteiger partial charge in [-0.1, -0.05) is 51.0 Å². The minimum atomic E-state index is -9.19. The van der Waals surface area contributed by atoms with Crippen LogP contribution in [0.2, 0.25) is 0 Å². The van der Waals surface area contributed by atoms with Crippen LogP contribution in [0.1, 0.15) is 50.7 Å². The van der Waals surface area contributed by atoms with Crippen molar-refractivity contribution in [1.29, 1.82) is 0 Å². The summed E-state index contributed by atoms with van der Waals surface area (Å²) in [5.41, 5.74) is 2.97. The first-order valence-electron chi connectivity index (χ1n) is 8.99. The van der Waals surface area contributed by atoms with Crippen LogP contribution in [0.15, 0.2) is 48.5 Å². The van der Waals surface area contributed by atoms with Gasteiger partial charge in [0.1, 0.15) is 0 Å². The Morgan fingerprint density at radius 1 is 0.643 bits per heavy atom. The number of aryl methyl sites for hydroxylation is 2. The number of hydrogen-bond donors (Lipinski definition) is 0. The van der Waals surface area contributed by atoms with Crippen molar-refractivity contribution >= 4 is 20.3 Å². The molecule has 2 rings (SSSR count). The fraction of sp³-hybridized carbons (Fsp3) is 0.400. The van der Waals surface area contributed by atoms with Crippen LogP contribution in [-0.4, -0.2) is 20.3 Å². The maximum atomic E-state index is 9.91. The van der Waals surface area contributed by atoms with Gasteiger partial charge in [-0.25, -0.2) is 0 Å². The molecule has 0 nitrogen and oxygen atoms in total. The molecular weight excluding hydrogens is 603 g/mol. The van der Waals surface area contributed by atoms with Crippen molar-refractivity contribution < 1.29 is 40.0 Å². The number of halogens is 7. The van der Waals surface area contributed by atoms with Crippen LogP contribution in [0, 0.1) is 7.14 Å². The molecule has 160 valence electrons. The molecule has 2 aromatic carbocycles. The molecule has 28 heavy (non-hydrogen) atoms.